The third kappa shape index (κ3) is 6.48. The van der Waals surface area contributed by atoms with E-state index in [9.17, 15) is 14.7 Å². The van der Waals surface area contributed by atoms with Gasteiger partial charge in [-0.3, -0.25) is 9.59 Å². The highest BCUT2D eigenvalue weighted by molar-refractivity contribution is 5.78. The molecule has 0 saturated heterocycles. The molecule has 1 aromatic rings. The van der Waals surface area contributed by atoms with Gasteiger partial charge in [0.15, 0.2) is 0 Å². The maximum atomic E-state index is 12.3. The lowest BCUT2D eigenvalue weighted by Crippen LogP contribution is -2.19. The van der Waals surface area contributed by atoms with E-state index in [0.717, 1.165) is 49.7 Å². The summed E-state index contributed by atoms with van der Waals surface area (Å²) in [5, 5.41) is 19.8. The quantitative estimate of drug-likeness (QED) is 0.215. The van der Waals surface area contributed by atoms with Crippen molar-refractivity contribution in [3.05, 3.63) is 47.1 Å². The minimum atomic E-state index is -1.04. The molecule has 0 spiro atoms. The first-order valence-electron chi connectivity index (χ1n) is 10.8. The summed E-state index contributed by atoms with van der Waals surface area (Å²) in [7, 11) is 0. The van der Waals surface area contributed by atoms with Crippen LogP contribution >= 0.6 is 0 Å². The average molecular weight is 415 g/mol. The van der Waals surface area contributed by atoms with E-state index in [2.05, 4.69) is 26.5 Å². The number of carbonyl (C=O) groups excluding carboxylic acids is 1. The normalized spacial score (nSPS) is 18.6. The van der Waals surface area contributed by atoms with Crippen molar-refractivity contribution in [3.63, 3.8) is 0 Å². The molecule has 5 heteroatoms. The Morgan fingerprint density at radius 3 is 2.60 bits per heavy atom. The summed E-state index contributed by atoms with van der Waals surface area (Å²) in [6.45, 7) is 10.3. The number of aromatic hydroxyl groups is 1. The number of carboxylic acids is 1. The lowest BCUT2D eigenvalue weighted by atomic mass is 9.73. The topological polar surface area (TPSA) is 83.8 Å². The summed E-state index contributed by atoms with van der Waals surface area (Å²) >= 11 is 0. The Labute approximate surface area is 179 Å². The second-order valence-electron chi connectivity index (χ2n) is 8.38. The van der Waals surface area contributed by atoms with Crippen LogP contribution in [0.5, 0.6) is 11.5 Å². The molecule has 2 atom stereocenters. The van der Waals surface area contributed by atoms with Crippen molar-refractivity contribution in [2.45, 2.75) is 78.1 Å². The number of unbranched alkanes of at least 4 members (excludes halogenated alkanes) is 2. The molecule has 0 fully saturated rings. The number of benzene rings is 1. The number of esters is 1. The number of hydrogen-bond donors (Lipinski definition) is 2. The van der Waals surface area contributed by atoms with E-state index >= 15 is 0 Å². The van der Waals surface area contributed by atoms with Crippen molar-refractivity contribution < 1.29 is 24.5 Å². The van der Waals surface area contributed by atoms with Gasteiger partial charge in [0.05, 0.1) is 12.8 Å². The lowest BCUT2D eigenvalue weighted by Gasteiger charge is -2.32. The molecule has 0 saturated carbocycles. The molecule has 0 heterocycles. The fraction of sp³-hybridized carbons (Fsp3) is 0.520. The molecule has 1 aliphatic carbocycles. The highest BCUT2D eigenvalue weighted by Gasteiger charge is 2.31. The molecule has 5 nitrogen and oxygen atoms in total. The fourth-order valence-corrected chi connectivity index (χ4v) is 4.10. The van der Waals surface area contributed by atoms with Crippen molar-refractivity contribution in [1.82, 2.24) is 0 Å². The van der Waals surface area contributed by atoms with E-state index in [1.165, 1.54) is 5.57 Å². The zero-order valence-corrected chi connectivity index (χ0v) is 18.4. The molecule has 0 aliphatic heterocycles. The van der Waals surface area contributed by atoms with Gasteiger partial charge in [0.2, 0.25) is 0 Å². The van der Waals surface area contributed by atoms with Crippen LogP contribution < -0.4 is 4.74 Å². The zero-order chi connectivity index (χ0) is 22.3. The molecule has 164 valence electrons. The first kappa shape index (κ1) is 23.7. The van der Waals surface area contributed by atoms with Gasteiger partial charge in [0, 0.05) is 11.5 Å². The Morgan fingerprint density at radius 2 is 1.97 bits per heavy atom. The van der Waals surface area contributed by atoms with Crippen molar-refractivity contribution in [2.24, 2.45) is 5.92 Å². The summed E-state index contributed by atoms with van der Waals surface area (Å²) in [5.41, 5.74) is 3.75. The number of phenols is 1. The maximum Gasteiger partial charge on any atom is 0.311 e. The predicted molar refractivity (Wildman–Crippen MR) is 118 cm³/mol. The summed E-state index contributed by atoms with van der Waals surface area (Å²) in [4.78, 5) is 23.1. The van der Waals surface area contributed by atoms with Gasteiger partial charge in [-0.2, -0.15) is 0 Å². The Morgan fingerprint density at radius 1 is 1.23 bits per heavy atom. The number of aliphatic carboxylic acids is 1. The van der Waals surface area contributed by atoms with Crippen LogP contribution in [0, 0.1) is 5.92 Å². The molecule has 0 unspecified atom stereocenters. The molecular formula is C25H34O5. The SMILES string of the molecule is C=C(C)[C@H]1CCC(C)=C[C@@H]1c1c(O)cc(CCCCC)cc1OC(=O)CCC(=O)O. The number of rotatable bonds is 10. The van der Waals surface area contributed by atoms with Crippen LogP contribution in [0.2, 0.25) is 0 Å². The third-order valence-corrected chi connectivity index (χ3v) is 5.73. The standard InChI is InChI=1S/C25H34O5/c1-5-6-7-8-18-14-21(26)25(20-13-17(4)9-10-19(20)16(2)3)22(15-18)30-24(29)12-11-23(27)28/h13-15,19-20,26H,2,5-12H2,1,3-4H3,(H,27,28)/t19-,20+/m1/s1. The van der Waals surface area contributed by atoms with Gasteiger partial charge < -0.3 is 14.9 Å². The molecule has 2 rings (SSSR count). The lowest BCUT2D eigenvalue weighted by molar-refractivity contribution is -0.142. The summed E-state index contributed by atoms with van der Waals surface area (Å²) in [6, 6.07) is 3.60. The summed E-state index contributed by atoms with van der Waals surface area (Å²) in [5.74, 6) is -1.19. The highest BCUT2D eigenvalue weighted by Crippen LogP contribution is 2.47. The molecule has 30 heavy (non-hydrogen) atoms. The smallest absolute Gasteiger partial charge is 0.311 e. The Balaban J connectivity index is 2.45. The number of aryl methyl sites for hydroxylation is 1. The van der Waals surface area contributed by atoms with Crippen LogP contribution in [0.4, 0.5) is 0 Å². The van der Waals surface area contributed by atoms with E-state index in [0.29, 0.717) is 11.3 Å². The number of ether oxygens (including phenoxy) is 1. The minimum Gasteiger partial charge on any atom is -0.507 e. The molecule has 1 aliphatic rings. The maximum absolute atomic E-state index is 12.3. The van der Waals surface area contributed by atoms with Crippen molar-refractivity contribution in [3.8, 4) is 11.5 Å². The van der Waals surface area contributed by atoms with Crippen molar-refractivity contribution >= 4 is 11.9 Å². The van der Waals surface area contributed by atoms with Gasteiger partial charge in [-0.25, -0.2) is 0 Å². The molecule has 0 bridgehead atoms. The fourth-order valence-electron chi connectivity index (χ4n) is 4.10. The van der Waals surface area contributed by atoms with Crippen LogP contribution in [-0.2, 0) is 16.0 Å². The monoisotopic (exact) mass is 414 g/mol. The van der Waals surface area contributed by atoms with Crippen LogP contribution in [0.15, 0.2) is 35.9 Å². The predicted octanol–water partition coefficient (Wildman–Crippen LogP) is 5.91. The first-order chi connectivity index (χ1) is 14.2. The van der Waals surface area contributed by atoms with Gasteiger partial charge in [0.1, 0.15) is 11.5 Å². The van der Waals surface area contributed by atoms with E-state index in [1.54, 1.807) is 6.07 Å². The molecule has 2 N–H and O–H groups in total. The van der Waals surface area contributed by atoms with Gasteiger partial charge in [-0.1, -0.05) is 43.6 Å². The van der Waals surface area contributed by atoms with Crippen LogP contribution in [0.1, 0.15) is 82.8 Å². The minimum absolute atomic E-state index is 0.118. The van der Waals surface area contributed by atoms with E-state index in [1.807, 2.05) is 13.0 Å². The van der Waals surface area contributed by atoms with Crippen LogP contribution in [0.25, 0.3) is 0 Å². The van der Waals surface area contributed by atoms with Crippen molar-refractivity contribution in [1.29, 1.82) is 0 Å². The second kappa shape index (κ2) is 11.0. The first-order valence-corrected chi connectivity index (χ1v) is 10.8. The number of allylic oxidation sites excluding steroid dienone is 3. The molecule has 0 amide bonds. The Hall–Kier alpha value is -2.56. The number of phenolic OH excluding ortho intramolecular Hbond substituents is 1. The van der Waals surface area contributed by atoms with E-state index in [4.69, 9.17) is 9.84 Å². The summed E-state index contributed by atoms with van der Waals surface area (Å²) < 4.78 is 5.62. The third-order valence-electron chi connectivity index (χ3n) is 5.73. The number of hydrogen-bond acceptors (Lipinski definition) is 4. The van der Waals surface area contributed by atoms with Gasteiger partial charge in [-0.15, -0.1) is 0 Å². The molecule has 0 radical (unpaired) electrons. The van der Waals surface area contributed by atoms with E-state index < -0.39 is 11.9 Å². The zero-order valence-electron chi connectivity index (χ0n) is 18.4. The molecular weight excluding hydrogens is 380 g/mol. The van der Waals surface area contributed by atoms with Crippen molar-refractivity contribution in [2.75, 3.05) is 0 Å². The van der Waals surface area contributed by atoms with Gasteiger partial charge >= 0.3 is 11.9 Å². The second-order valence-corrected chi connectivity index (χ2v) is 8.38. The number of carbonyl (C=O) groups is 2. The molecule has 0 aromatic heterocycles. The average Bonchev–Trinajstić information content (AvgIpc) is 2.66. The van der Waals surface area contributed by atoms with Crippen LogP contribution in [-0.4, -0.2) is 22.2 Å². The van der Waals surface area contributed by atoms with Crippen LogP contribution in [0.3, 0.4) is 0 Å². The Kier molecular flexibility index (Phi) is 8.70. The van der Waals surface area contributed by atoms with E-state index in [-0.39, 0.29) is 30.4 Å². The highest BCUT2D eigenvalue weighted by atomic mass is 16.5. The Bertz CT molecular complexity index is 821. The van der Waals surface area contributed by atoms with Gasteiger partial charge in [0.25, 0.3) is 0 Å². The largest absolute Gasteiger partial charge is 0.507 e. The summed E-state index contributed by atoms with van der Waals surface area (Å²) in [6.07, 6.45) is 7.47. The van der Waals surface area contributed by atoms with Gasteiger partial charge in [-0.05, 0) is 63.1 Å². The number of carboxylic acid groups (broad SMARTS) is 1. The molecule has 1 aromatic carbocycles.